The molecule has 5 heteroatoms. The zero-order valence-electron chi connectivity index (χ0n) is 19.5. The highest BCUT2D eigenvalue weighted by atomic mass is 32.2. The predicted molar refractivity (Wildman–Crippen MR) is 136 cm³/mol. The summed E-state index contributed by atoms with van der Waals surface area (Å²) in [5.74, 6) is -0.303. The second kappa shape index (κ2) is 10.0. The van der Waals surface area contributed by atoms with Crippen LogP contribution >= 0.6 is 0 Å². The lowest BCUT2D eigenvalue weighted by atomic mass is 9.73. The van der Waals surface area contributed by atoms with Crippen LogP contribution in [0.5, 0.6) is 0 Å². The van der Waals surface area contributed by atoms with Gasteiger partial charge in [0, 0.05) is 20.6 Å². The van der Waals surface area contributed by atoms with E-state index in [1.807, 2.05) is 93.6 Å². The van der Waals surface area contributed by atoms with Gasteiger partial charge in [-0.2, -0.15) is 0 Å². The zero-order chi connectivity index (χ0) is 23.6. The van der Waals surface area contributed by atoms with Gasteiger partial charge in [-0.3, -0.25) is 4.21 Å². The molecule has 0 bridgehead atoms. The Morgan fingerprint density at radius 3 is 2.06 bits per heavy atom. The molecule has 3 unspecified atom stereocenters. The van der Waals surface area contributed by atoms with Crippen molar-refractivity contribution in [1.82, 2.24) is 0 Å². The molecule has 3 aromatic carbocycles. The highest BCUT2D eigenvalue weighted by molar-refractivity contribution is 7.86. The third-order valence-corrected chi connectivity index (χ3v) is 10.3. The van der Waals surface area contributed by atoms with Crippen molar-refractivity contribution >= 4 is 21.6 Å². The molecule has 174 valence electrons. The van der Waals surface area contributed by atoms with E-state index in [0.29, 0.717) is 17.7 Å². The zero-order valence-corrected chi connectivity index (χ0v) is 21.1. The third-order valence-electron chi connectivity index (χ3n) is 6.93. The highest BCUT2D eigenvalue weighted by Gasteiger charge is 2.47. The number of aryl methyl sites for hydroxylation is 2. The second-order valence-corrected chi connectivity index (χ2v) is 12.3. The summed E-state index contributed by atoms with van der Waals surface area (Å²) in [7, 11) is -2.68. The van der Waals surface area contributed by atoms with Gasteiger partial charge in [-0.25, -0.2) is 4.21 Å². The summed E-state index contributed by atoms with van der Waals surface area (Å²) in [5.41, 5.74) is 1.97. The van der Waals surface area contributed by atoms with E-state index in [9.17, 15) is 13.5 Å². The monoisotopic (exact) mass is 480 g/mol. The van der Waals surface area contributed by atoms with E-state index in [0.717, 1.165) is 39.3 Å². The molecule has 0 radical (unpaired) electrons. The standard InChI is InChI=1S/C28H32O3S2/c1-20-11-15-23(16-12-20)32(30)26-9-5-4-8-25(26)22(3)28(29)19-7-6-10-27(28)33(31)24-17-13-21(2)14-18-24/h4-5,8-9,11-18,22,27,29H,6-7,10,19H2,1-3H3/t22?,27-,28+,32?,33?/m1/s1. The largest absolute Gasteiger partial charge is 0.388 e. The van der Waals surface area contributed by atoms with Gasteiger partial charge in [0.15, 0.2) is 0 Å². The van der Waals surface area contributed by atoms with E-state index >= 15 is 0 Å². The lowest BCUT2D eigenvalue weighted by Crippen LogP contribution is -2.51. The van der Waals surface area contributed by atoms with Gasteiger partial charge >= 0.3 is 0 Å². The van der Waals surface area contributed by atoms with Crippen molar-refractivity contribution in [3.05, 3.63) is 89.5 Å². The number of rotatable bonds is 6. The maximum absolute atomic E-state index is 13.6. The Balaban J connectivity index is 1.70. The molecule has 0 aromatic heterocycles. The number of hydrogen-bond donors (Lipinski definition) is 1. The van der Waals surface area contributed by atoms with Crippen molar-refractivity contribution in [3.8, 4) is 0 Å². The molecule has 5 atom stereocenters. The van der Waals surface area contributed by atoms with Crippen molar-refractivity contribution in [3.63, 3.8) is 0 Å². The van der Waals surface area contributed by atoms with Gasteiger partial charge in [0.1, 0.15) is 0 Å². The maximum atomic E-state index is 13.6. The minimum Gasteiger partial charge on any atom is -0.388 e. The first-order valence-corrected chi connectivity index (χ1v) is 13.9. The quantitative estimate of drug-likeness (QED) is 0.467. The van der Waals surface area contributed by atoms with Crippen LogP contribution in [0.1, 0.15) is 55.2 Å². The maximum Gasteiger partial charge on any atom is 0.0860 e. The highest BCUT2D eigenvalue weighted by Crippen LogP contribution is 2.45. The molecule has 1 N–H and O–H groups in total. The van der Waals surface area contributed by atoms with Crippen LogP contribution in [-0.4, -0.2) is 24.4 Å². The lowest BCUT2D eigenvalue weighted by molar-refractivity contribution is -0.0124. The molecular weight excluding hydrogens is 448 g/mol. The van der Waals surface area contributed by atoms with Crippen LogP contribution in [-0.2, 0) is 21.6 Å². The molecule has 4 rings (SSSR count). The minimum absolute atomic E-state index is 0.303. The summed E-state index contributed by atoms with van der Waals surface area (Å²) in [6.07, 6.45) is 3.15. The smallest absolute Gasteiger partial charge is 0.0860 e. The fourth-order valence-corrected chi connectivity index (χ4v) is 7.94. The van der Waals surface area contributed by atoms with E-state index in [-0.39, 0.29) is 11.2 Å². The van der Waals surface area contributed by atoms with Crippen molar-refractivity contribution in [2.45, 2.75) is 77.9 Å². The predicted octanol–water partition coefficient (Wildman–Crippen LogP) is 6.06. The van der Waals surface area contributed by atoms with Crippen LogP contribution in [0.3, 0.4) is 0 Å². The normalized spacial score (nSPS) is 23.6. The van der Waals surface area contributed by atoms with Crippen molar-refractivity contribution < 1.29 is 13.5 Å². The molecule has 1 fully saturated rings. The molecule has 33 heavy (non-hydrogen) atoms. The fraction of sp³-hybridized carbons (Fsp3) is 0.357. The van der Waals surface area contributed by atoms with Crippen LogP contribution in [0.25, 0.3) is 0 Å². The van der Waals surface area contributed by atoms with E-state index in [2.05, 4.69) is 0 Å². The van der Waals surface area contributed by atoms with Gasteiger partial charge in [0.05, 0.1) is 32.5 Å². The molecule has 1 saturated carbocycles. The molecule has 0 aliphatic heterocycles. The van der Waals surface area contributed by atoms with Gasteiger partial charge in [0.25, 0.3) is 0 Å². The van der Waals surface area contributed by atoms with Crippen molar-refractivity contribution in [2.75, 3.05) is 0 Å². The Bertz CT molecular complexity index is 1150. The molecule has 0 saturated heterocycles. The molecule has 0 spiro atoms. The average molecular weight is 481 g/mol. The number of hydrogen-bond acceptors (Lipinski definition) is 3. The summed E-state index contributed by atoms with van der Waals surface area (Å²) in [5, 5.41) is 11.7. The minimum atomic E-state index is -1.36. The summed E-state index contributed by atoms with van der Waals surface area (Å²) >= 11 is 0. The summed E-state index contributed by atoms with van der Waals surface area (Å²) in [6, 6.07) is 23.2. The molecular formula is C28H32O3S2. The Kier molecular flexibility index (Phi) is 7.32. The van der Waals surface area contributed by atoms with Gasteiger partial charge < -0.3 is 5.11 Å². The van der Waals surface area contributed by atoms with Crippen molar-refractivity contribution in [1.29, 1.82) is 0 Å². The van der Waals surface area contributed by atoms with Gasteiger partial charge in [0.2, 0.25) is 0 Å². The average Bonchev–Trinajstić information content (AvgIpc) is 2.84. The summed E-state index contributed by atoms with van der Waals surface area (Å²) in [6.45, 7) is 6.02. The molecule has 3 nitrogen and oxygen atoms in total. The van der Waals surface area contributed by atoms with Crippen LogP contribution in [0, 0.1) is 13.8 Å². The lowest BCUT2D eigenvalue weighted by Gasteiger charge is -2.44. The molecule has 3 aromatic rings. The molecule has 0 amide bonds. The SMILES string of the molecule is Cc1ccc(S(=O)c2ccccc2C(C)[C@@]2(O)CCCC[C@H]2S(=O)c2ccc(C)cc2)cc1. The first-order chi connectivity index (χ1) is 15.8. The van der Waals surface area contributed by atoms with E-state index in [1.165, 1.54) is 0 Å². The summed E-state index contributed by atoms with van der Waals surface area (Å²) in [4.78, 5) is 2.22. The Morgan fingerprint density at radius 1 is 0.848 bits per heavy atom. The Labute approximate surface area is 202 Å². The third kappa shape index (κ3) is 4.91. The molecule has 0 heterocycles. The first kappa shape index (κ1) is 24.1. The van der Waals surface area contributed by atoms with Crippen LogP contribution in [0.15, 0.2) is 87.5 Å². The Morgan fingerprint density at radius 2 is 1.42 bits per heavy atom. The van der Waals surface area contributed by atoms with Crippen LogP contribution in [0.2, 0.25) is 0 Å². The Hall–Kier alpha value is -2.08. The fourth-order valence-electron chi connectivity index (χ4n) is 4.84. The topological polar surface area (TPSA) is 54.4 Å². The van der Waals surface area contributed by atoms with E-state index in [4.69, 9.17) is 0 Å². The second-order valence-electron chi connectivity index (χ2n) is 9.18. The number of aliphatic hydroxyl groups is 1. The summed E-state index contributed by atoms with van der Waals surface area (Å²) < 4.78 is 27.1. The van der Waals surface area contributed by atoms with Gasteiger partial charge in [-0.15, -0.1) is 0 Å². The molecule has 1 aliphatic carbocycles. The van der Waals surface area contributed by atoms with Gasteiger partial charge in [-0.05, 0) is 62.6 Å². The molecule has 1 aliphatic rings. The first-order valence-electron chi connectivity index (χ1n) is 11.6. The van der Waals surface area contributed by atoms with E-state index in [1.54, 1.807) is 0 Å². The van der Waals surface area contributed by atoms with E-state index < -0.39 is 27.2 Å². The van der Waals surface area contributed by atoms with Crippen LogP contribution < -0.4 is 0 Å². The van der Waals surface area contributed by atoms with Crippen LogP contribution in [0.4, 0.5) is 0 Å². The van der Waals surface area contributed by atoms with Crippen molar-refractivity contribution in [2.24, 2.45) is 0 Å². The van der Waals surface area contributed by atoms with Gasteiger partial charge in [-0.1, -0.05) is 73.4 Å². The number of benzene rings is 3.